The molecule has 1 N–H and O–H groups in total. The highest BCUT2D eigenvalue weighted by Gasteiger charge is 2.42. The van der Waals surface area contributed by atoms with Gasteiger partial charge in [0.1, 0.15) is 11.9 Å². The summed E-state index contributed by atoms with van der Waals surface area (Å²) in [4.78, 5) is 18.1. The first-order valence-corrected chi connectivity index (χ1v) is 12.4. The second kappa shape index (κ2) is 10.3. The van der Waals surface area contributed by atoms with Crippen LogP contribution in [-0.4, -0.2) is 44.1 Å². The molecule has 3 aromatic rings. The molecule has 0 saturated heterocycles. The standard InChI is InChI=1S/C27H33F2N5O2/c1-5-11-27(2)12-7-6-8-20(25(27)29)33(3)23-16-30-26(32-31-23)19-10-9-17(13-21(19)35)18-14-22(28)34(4)24(36)15-18/h9-10,13-16,20,25,35H,5-8,11-12H2,1-4H3/t20-,25-,27+/m0/s1. The lowest BCUT2D eigenvalue weighted by Crippen LogP contribution is -2.46. The number of rotatable bonds is 6. The number of pyridine rings is 1. The zero-order valence-electron chi connectivity index (χ0n) is 21.2. The third kappa shape index (κ3) is 4.96. The van der Waals surface area contributed by atoms with Crippen molar-refractivity contribution in [3.8, 4) is 28.3 Å². The number of hydrogen-bond donors (Lipinski definition) is 1. The number of hydrogen-bond acceptors (Lipinski definition) is 6. The number of alkyl halides is 1. The van der Waals surface area contributed by atoms with Crippen molar-refractivity contribution in [3.05, 3.63) is 52.8 Å². The van der Waals surface area contributed by atoms with E-state index in [-0.39, 0.29) is 23.0 Å². The number of phenolic OH excluding ortho intramolecular Hbond substituents is 1. The molecule has 9 heteroatoms. The fourth-order valence-corrected chi connectivity index (χ4v) is 5.25. The Morgan fingerprint density at radius 1 is 1.19 bits per heavy atom. The molecule has 7 nitrogen and oxygen atoms in total. The van der Waals surface area contributed by atoms with Crippen LogP contribution in [0.25, 0.3) is 22.5 Å². The normalized spacial score (nSPS) is 22.3. The van der Waals surface area contributed by atoms with Crippen LogP contribution in [0.2, 0.25) is 0 Å². The van der Waals surface area contributed by atoms with Crippen molar-refractivity contribution in [1.29, 1.82) is 0 Å². The van der Waals surface area contributed by atoms with Gasteiger partial charge in [-0.3, -0.25) is 9.36 Å². The summed E-state index contributed by atoms with van der Waals surface area (Å²) in [7, 11) is 3.18. The van der Waals surface area contributed by atoms with Gasteiger partial charge in [-0.05, 0) is 48.6 Å². The van der Waals surface area contributed by atoms with Gasteiger partial charge in [0.2, 0.25) is 0 Å². The molecule has 2 heterocycles. The number of phenols is 1. The van der Waals surface area contributed by atoms with Crippen molar-refractivity contribution in [2.45, 2.75) is 64.6 Å². The highest BCUT2D eigenvalue weighted by atomic mass is 19.1. The predicted molar refractivity (Wildman–Crippen MR) is 136 cm³/mol. The molecular formula is C27H33F2N5O2. The van der Waals surface area contributed by atoms with E-state index in [2.05, 4.69) is 29.0 Å². The quantitative estimate of drug-likeness (QED) is 0.369. The number of benzene rings is 1. The van der Waals surface area contributed by atoms with Gasteiger partial charge in [-0.25, -0.2) is 9.37 Å². The lowest BCUT2D eigenvalue weighted by molar-refractivity contribution is 0.0868. The van der Waals surface area contributed by atoms with E-state index in [0.717, 1.165) is 43.1 Å². The zero-order chi connectivity index (χ0) is 26.0. The van der Waals surface area contributed by atoms with E-state index in [1.54, 1.807) is 18.3 Å². The van der Waals surface area contributed by atoms with Gasteiger partial charge in [0.05, 0.1) is 17.8 Å². The fraction of sp³-hybridized carbons (Fsp3) is 0.481. The second-order valence-electron chi connectivity index (χ2n) is 10.1. The Labute approximate surface area is 209 Å². The van der Waals surface area contributed by atoms with E-state index in [9.17, 15) is 14.3 Å². The summed E-state index contributed by atoms with van der Waals surface area (Å²) in [5.74, 6) is -0.120. The third-order valence-corrected chi connectivity index (χ3v) is 7.51. The Morgan fingerprint density at radius 3 is 2.61 bits per heavy atom. The molecule has 3 atom stereocenters. The van der Waals surface area contributed by atoms with Gasteiger partial charge >= 0.3 is 0 Å². The molecule has 1 aliphatic carbocycles. The van der Waals surface area contributed by atoms with Gasteiger partial charge in [-0.2, -0.15) is 4.39 Å². The molecule has 36 heavy (non-hydrogen) atoms. The minimum Gasteiger partial charge on any atom is -0.507 e. The molecule has 1 saturated carbocycles. The SMILES string of the molecule is CCC[C@]1(C)CCCC[C@H](N(C)c2cnc(-c3ccc(-c4cc(F)n(C)c(=O)c4)cc3O)nn2)[C@@H]1F. The van der Waals surface area contributed by atoms with Crippen LogP contribution in [0.4, 0.5) is 14.6 Å². The molecule has 4 rings (SSSR count). The van der Waals surface area contributed by atoms with Gasteiger partial charge in [0.25, 0.3) is 5.56 Å². The first kappa shape index (κ1) is 25.7. The average molecular weight is 498 g/mol. The van der Waals surface area contributed by atoms with Crippen LogP contribution in [0.5, 0.6) is 5.75 Å². The minimum atomic E-state index is -0.984. The highest BCUT2D eigenvalue weighted by molar-refractivity contribution is 5.72. The lowest BCUT2D eigenvalue weighted by Gasteiger charge is -2.39. The number of anilines is 1. The number of aromatic nitrogens is 4. The molecular weight excluding hydrogens is 464 g/mol. The van der Waals surface area contributed by atoms with E-state index in [4.69, 9.17) is 0 Å². The van der Waals surface area contributed by atoms with Crippen LogP contribution >= 0.6 is 0 Å². The number of halogens is 2. The van der Waals surface area contributed by atoms with Crippen LogP contribution in [0.3, 0.4) is 0 Å². The molecule has 0 radical (unpaired) electrons. The molecule has 2 aromatic heterocycles. The summed E-state index contributed by atoms with van der Waals surface area (Å²) in [5.41, 5.74) is 0.338. The van der Waals surface area contributed by atoms with E-state index < -0.39 is 17.7 Å². The smallest absolute Gasteiger partial charge is 0.253 e. The van der Waals surface area contributed by atoms with Crippen molar-refractivity contribution >= 4 is 5.82 Å². The maximum Gasteiger partial charge on any atom is 0.253 e. The van der Waals surface area contributed by atoms with Gasteiger partial charge in [0.15, 0.2) is 17.6 Å². The zero-order valence-corrected chi connectivity index (χ0v) is 21.2. The maximum atomic E-state index is 15.7. The Morgan fingerprint density at radius 2 is 1.97 bits per heavy atom. The first-order chi connectivity index (χ1) is 17.1. The van der Waals surface area contributed by atoms with E-state index in [1.165, 1.54) is 25.2 Å². The average Bonchev–Trinajstić information content (AvgIpc) is 3.00. The molecule has 0 bridgehead atoms. The molecule has 1 aromatic carbocycles. The van der Waals surface area contributed by atoms with Gasteiger partial charge in [-0.1, -0.05) is 39.2 Å². The fourth-order valence-electron chi connectivity index (χ4n) is 5.25. The Kier molecular flexibility index (Phi) is 7.38. The minimum absolute atomic E-state index is 0.126. The Bertz CT molecular complexity index is 1280. The van der Waals surface area contributed by atoms with Gasteiger partial charge < -0.3 is 10.0 Å². The molecule has 0 aliphatic heterocycles. The topological polar surface area (TPSA) is 84.1 Å². The van der Waals surface area contributed by atoms with Crippen LogP contribution in [0.15, 0.2) is 41.3 Å². The third-order valence-electron chi connectivity index (χ3n) is 7.51. The van der Waals surface area contributed by atoms with Crippen molar-refractivity contribution in [2.24, 2.45) is 12.5 Å². The van der Waals surface area contributed by atoms with Crippen LogP contribution in [0.1, 0.15) is 52.4 Å². The number of aromatic hydroxyl groups is 1. The largest absolute Gasteiger partial charge is 0.507 e. The molecule has 0 spiro atoms. The monoisotopic (exact) mass is 497 g/mol. The molecule has 0 amide bonds. The van der Waals surface area contributed by atoms with E-state index >= 15 is 4.39 Å². The Balaban J connectivity index is 1.56. The van der Waals surface area contributed by atoms with Crippen LogP contribution in [-0.2, 0) is 7.05 Å². The van der Waals surface area contributed by atoms with Gasteiger partial charge in [-0.15, -0.1) is 10.2 Å². The summed E-state index contributed by atoms with van der Waals surface area (Å²) in [6.45, 7) is 4.14. The summed E-state index contributed by atoms with van der Waals surface area (Å²) in [5, 5.41) is 19.1. The second-order valence-corrected chi connectivity index (χ2v) is 10.1. The number of nitrogens with zero attached hydrogens (tertiary/aromatic N) is 5. The van der Waals surface area contributed by atoms with Crippen molar-refractivity contribution in [1.82, 2.24) is 19.7 Å². The first-order valence-electron chi connectivity index (χ1n) is 12.4. The Hall–Kier alpha value is -3.36. The molecule has 0 unspecified atom stereocenters. The summed E-state index contributed by atoms with van der Waals surface area (Å²) < 4.78 is 30.6. The van der Waals surface area contributed by atoms with E-state index in [1.807, 2.05) is 11.9 Å². The molecule has 1 aliphatic rings. The molecule has 1 fully saturated rings. The van der Waals surface area contributed by atoms with Gasteiger partial charge in [0, 0.05) is 25.6 Å². The highest BCUT2D eigenvalue weighted by Crippen LogP contribution is 2.42. The van der Waals surface area contributed by atoms with Crippen LogP contribution in [0, 0.1) is 11.4 Å². The van der Waals surface area contributed by atoms with Crippen LogP contribution < -0.4 is 10.5 Å². The van der Waals surface area contributed by atoms with Crippen molar-refractivity contribution in [2.75, 3.05) is 11.9 Å². The summed E-state index contributed by atoms with van der Waals surface area (Å²) >= 11 is 0. The van der Waals surface area contributed by atoms with Crippen molar-refractivity contribution < 1.29 is 13.9 Å². The molecule has 192 valence electrons. The summed E-state index contributed by atoms with van der Waals surface area (Å²) in [6.07, 6.45) is 5.96. The summed E-state index contributed by atoms with van der Waals surface area (Å²) in [6, 6.07) is 6.91. The maximum absolute atomic E-state index is 15.7. The van der Waals surface area contributed by atoms with E-state index in [0.29, 0.717) is 22.5 Å². The predicted octanol–water partition coefficient (Wildman–Crippen LogP) is 5.27. The van der Waals surface area contributed by atoms with Crippen molar-refractivity contribution in [3.63, 3.8) is 0 Å². The lowest BCUT2D eigenvalue weighted by atomic mass is 9.76.